The highest BCUT2D eigenvalue weighted by Gasteiger charge is 2.18. The predicted octanol–water partition coefficient (Wildman–Crippen LogP) is 0.652. The molecular formula is C12H16N2O5. The van der Waals surface area contributed by atoms with Crippen LogP contribution in [-0.4, -0.2) is 41.5 Å². The number of anilines is 1. The molecule has 0 aliphatic carbocycles. The third-order valence-electron chi connectivity index (χ3n) is 2.21. The summed E-state index contributed by atoms with van der Waals surface area (Å²) in [6.45, 7) is 1.73. The lowest BCUT2D eigenvalue weighted by molar-refractivity contribution is -0.140. The standard InChI is InChI=1S/C12H16N2O5/c1-2-19-9-5-3-8(4-6-9)13-12(18)14-10(7-15)11(16)17/h3-6,10,15H,2,7H2,1H3,(H,16,17)(H2,13,14,18)/t10-/m0/s1. The van der Waals surface area contributed by atoms with Crippen LogP contribution in [0.15, 0.2) is 24.3 Å². The van der Waals surface area contributed by atoms with E-state index in [0.717, 1.165) is 0 Å². The van der Waals surface area contributed by atoms with Gasteiger partial charge in [0.15, 0.2) is 6.04 Å². The lowest BCUT2D eigenvalue weighted by Gasteiger charge is -2.12. The van der Waals surface area contributed by atoms with Gasteiger partial charge in [-0.25, -0.2) is 9.59 Å². The van der Waals surface area contributed by atoms with Crippen LogP contribution < -0.4 is 15.4 Å². The maximum Gasteiger partial charge on any atom is 0.328 e. The largest absolute Gasteiger partial charge is 0.494 e. The van der Waals surface area contributed by atoms with Crippen molar-refractivity contribution in [1.82, 2.24) is 5.32 Å². The molecular weight excluding hydrogens is 252 g/mol. The molecule has 0 spiro atoms. The number of rotatable bonds is 6. The van der Waals surface area contributed by atoms with Crippen LogP contribution in [0.1, 0.15) is 6.92 Å². The Morgan fingerprint density at radius 3 is 2.42 bits per heavy atom. The number of hydrogen-bond donors (Lipinski definition) is 4. The van der Waals surface area contributed by atoms with Gasteiger partial charge in [-0.1, -0.05) is 0 Å². The molecule has 1 aromatic carbocycles. The van der Waals surface area contributed by atoms with Crippen LogP contribution in [0.5, 0.6) is 5.75 Å². The first-order valence-electron chi connectivity index (χ1n) is 5.70. The molecule has 0 saturated carbocycles. The van der Waals surface area contributed by atoms with Crippen molar-refractivity contribution in [1.29, 1.82) is 0 Å². The SMILES string of the molecule is CCOc1ccc(NC(=O)N[C@@H](CO)C(=O)O)cc1. The lowest BCUT2D eigenvalue weighted by atomic mass is 10.3. The maximum absolute atomic E-state index is 11.5. The zero-order valence-corrected chi connectivity index (χ0v) is 10.4. The van der Waals surface area contributed by atoms with Crippen molar-refractivity contribution in [2.75, 3.05) is 18.5 Å². The van der Waals surface area contributed by atoms with E-state index in [2.05, 4.69) is 10.6 Å². The van der Waals surface area contributed by atoms with Gasteiger partial charge in [-0.05, 0) is 31.2 Å². The Morgan fingerprint density at radius 2 is 1.95 bits per heavy atom. The topological polar surface area (TPSA) is 108 Å². The summed E-state index contributed by atoms with van der Waals surface area (Å²) in [5.74, 6) is -0.628. The van der Waals surface area contributed by atoms with Gasteiger partial charge in [0.1, 0.15) is 5.75 Å². The first-order valence-corrected chi connectivity index (χ1v) is 5.70. The molecule has 0 aliphatic rings. The number of carboxylic acid groups (broad SMARTS) is 1. The molecule has 0 aromatic heterocycles. The second kappa shape index (κ2) is 7.22. The molecule has 2 amide bonds. The predicted molar refractivity (Wildman–Crippen MR) is 68.3 cm³/mol. The average molecular weight is 268 g/mol. The van der Waals surface area contributed by atoms with Gasteiger partial charge in [0.2, 0.25) is 0 Å². The zero-order chi connectivity index (χ0) is 14.3. The minimum absolute atomic E-state index is 0.489. The number of aliphatic hydroxyl groups is 1. The molecule has 19 heavy (non-hydrogen) atoms. The number of amides is 2. The highest BCUT2D eigenvalue weighted by Crippen LogP contribution is 2.15. The van der Waals surface area contributed by atoms with Gasteiger partial charge in [-0.15, -0.1) is 0 Å². The third-order valence-corrected chi connectivity index (χ3v) is 2.21. The van der Waals surface area contributed by atoms with Gasteiger partial charge >= 0.3 is 12.0 Å². The van der Waals surface area contributed by atoms with Crippen molar-refractivity contribution in [3.05, 3.63) is 24.3 Å². The Labute approximate surface area is 110 Å². The van der Waals surface area contributed by atoms with E-state index in [-0.39, 0.29) is 0 Å². The number of benzene rings is 1. The van der Waals surface area contributed by atoms with Crippen molar-refractivity contribution in [2.45, 2.75) is 13.0 Å². The zero-order valence-electron chi connectivity index (χ0n) is 10.4. The third kappa shape index (κ3) is 4.84. The van der Waals surface area contributed by atoms with Crippen LogP contribution in [-0.2, 0) is 4.79 Å². The molecule has 0 radical (unpaired) electrons. The fourth-order valence-electron chi connectivity index (χ4n) is 1.31. The quantitative estimate of drug-likeness (QED) is 0.606. The highest BCUT2D eigenvalue weighted by atomic mass is 16.5. The number of urea groups is 1. The van der Waals surface area contributed by atoms with E-state index in [1.54, 1.807) is 24.3 Å². The maximum atomic E-state index is 11.5. The smallest absolute Gasteiger partial charge is 0.328 e. The van der Waals surface area contributed by atoms with Gasteiger partial charge in [-0.2, -0.15) is 0 Å². The number of carbonyl (C=O) groups excluding carboxylic acids is 1. The summed E-state index contributed by atoms with van der Waals surface area (Å²) in [6.07, 6.45) is 0. The molecule has 104 valence electrons. The first kappa shape index (κ1) is 14.8. The summed E-state index contributed by atoms with van der Waals surface area (Å²) in [5.41, 5.74) is 0.489. The van der Waals surface area contributed by atoms with Gasteiger partial charge in [0.25, 0.3) is 0 Å². The number of aliphatic hydroxyl groups excluding tert-OH is 1. The Kier molecular flexibility index (Phi) is 5.62. The van der Waals surface area contributed by atoms with Crippen LogP contribution in [0.25, 0.3) is 0 Å². The summed E-state index contributed by atoms with van der Waals surface area (Å²) < 4.78 is 5.24. The number of hydrogen-bond acceptors (Lipinski definition) is 4. The molecule has 0 heterocycles. The van der Waals surface area contributed by atoms with Gasteiger partial charge < -0.3 is 25.6 Å². The van der Waals surface area contributed by atoms with E-state index >= 15 is 0 Å². The van der Waals surface area contributed by atoms with Crippen LogP contribution in [0, 0.1) is 0 Å². The lowest BCUT2D eigenvalue weighted by Crippen LogP contribution is -2.45. The van der Waals surface area contributed by atoms with Crippen LogP contribution in [0.3, 0.4) is 0 Å². The van der Waals surface area contributed by atoms with Gasteiger partial charge in [0.05, 0.1) is 13.2 Å². The number of ether oxygens (including phenoxy) is 1. The Morgan fingerprint density at radius 1 is 1.32 bits per heavy atom. The molecule has 7 heteroatoms. The second-order valence-corrected chi connectivity index (χ2v) is 3.63. The Balaban J connectivity index is 2.54. The second-order valence-electron chi connectivity index (χ2n) is 3.63. The molecule has 7 nitrogen and oxygen atoms in total. The summed E-state index contributed by atoms with van der Waals surface area (Å²) in [5, 5.41) is 22.0. The molecule has 0 unspecified atom stereocenters. The van der Waals surface area contributed by atoms with E-state index in [0.29, 0.717) is 18.0 Å². The molecule has 1 rings (SSSR count). The number of aliphatic carboxylic acids is 1. The summed E-state index contributed by atoms with van der Waals surface area (Å²) in [4.78, 5) is 22.1. The van der Waals surface area contributed by atoms with Crippen molar-refractivity contribution in [2.24, 2.45) is 0 Å². The summed E-state index contributed by atoms with van der Waals surface area (Å²) >= 11 is 0. The molecule has 1 atom stereocenters. The highest BCUT2D eigenvalue weighted by molar-refractivity contribution is 5.92. The van der Waals surface area contributed by atoms with Gasteiger partial charge in [-0.3, -0.25) is 0 Å². The molecule has 0 aliphatic heterocycles. The van der Waals surface area contributed by atoms with E-state index in [9.17, 15) is 9.59 Å². The molecule has 0 bridgehead atoms. The van der Waals surface area contributed by atoms with E-state index in [4.69, 9.17) is 14.9 Å². The van der Waals surface area contributed by atoms with Crippen LogP contribution >= 0.6 is 0 Å². The van der Waals surface area contributed by atoms with Gasteiger partial charge in [0, 0.05) is 5.69 Å². The summed E-state index contributed by atoms with van der Waals surface area (Å²) in [6, 6.07) is 4.58. The van der Waals surface area contributed by atoms with Crippen LogP contribution in [0.4, 0.5) is 10.5 Å². The summed E-state index contributed by atoms with van der Waals surface area (Å²) in [7, 11) is 0. The minimum atomic E-state index is -1.33. The molecule has 4 N–H and O–H groups in total. The van der Waals surface area contributed by atoms with E-state index in [1.165, 1.54) is 0 Å². The fourth-order valence-corrected chi connectivity index (χ4v) is 1.31. The fraction of sp³-hybridized carbons (Fsp3) is 0.333. The Hall–Kier alpha value is -2.28. The average Bonchev–Trinajstić information content (AvgIpc) is 2.38. The normalized spacial score (nSPS) is 11.5. The number of nitrogens with one attached hydrogen (secondary N) is 2. The van der Waals surface area contributed by atoms with E-state index < -0.39 is 24.6 Å². The molecule has 0 fully saturated rings. The van der Waals surface area contributed by atoms with Crippen molar-refractivity contribution in [3.8, 4) is 5.75 Å². The van der Waals surface area contributed by atoms with Crippen molar-refractivity contribution >= 4 is 17.7 Å². The monoisotopic (exact) mass is 268 g/mol. The Bertz CT molecular complexity index is 432. The van der Waals surface area contributed by atoms with E-state index in [1.807, 2.05) is 6.92 Å². The number of carbonyl (C=O) groups is 2. The van der Waals surface area contributed by atoms with Crippen molar-refractivity contribution < 1.29 is 24.5 Å². The molecule has 1 aromatic rings. The minimum Gasteiger partial charge on any atom is -0.494 e. The van der Waals surface area contributed by atoms with Crippen molar-refractivity contribution in [3.63, 3.8) is 0 Å². The molecule has 0 saturated heterocycles. The first-order chi connectivity index (χ1) is 9.06. The van der Waals surface area contributed by atoms with Crippen LogP contribution in [0.2, 0.25) is 0 Å². The number of carboxylic acids is 1.